The second kappa shape index (κ2) is 6.35. The quantitative estimate of drug-likeness (QED) is 0.478. The van der Waals surface area contributed by atoms with Crippen LogP contribution in [0.2, 0.25) is 0 Å². The number of benzene rings is 1. The lowest BCUT2D eigenvalue weighted by molar-refractivity contribution is -0.0515. The second-order valence-corrected chi connectivity index (χ2v) is 5.95. The average molecular weight is 331 g/mol. The minimum atomic E-state index is -5.58. The predicted molar refractivity (Wildman–Crippen MR) is 75.3 cm³/mol. The minimum Gasteiger partial charge on any atom is -0.384 e. The molecule has 0 saturated carbocycles. The van der Waals surface area contributed by atoms with Gasteiger partial charge >= 0.3 is 15.6 Å². The van der Waals surface area contributed by atoms with Crippen LogP contribution in [0.25, 0.3) is 10.8 Å². The molecule has 0 aliphatic heterocycles. The van der Waals surface area contributed by atoms with Gasteiger partial charge in [0.05, 0.1) is 0 Å². The van der Waals surface area contributed by atoms with Crippen LogP contribution >= 0.6 is 0 Å². The lowest BCUT2D eigenvalue weighted by atomic mass is 10.1. The van der Waals surface area contributed by atoms with Gasteiger partial charge in [0.25, 0.3) is 0 Å². The molecule has 118 valence electrons. The molecule has 0 aliphatic rings. The molecule has 0 unspecified atom stereocenters. The highest BCUT2D eigenvalue weighted by Gasteiger charge is 2.47. The van der Waals surface area contributed by atoms with Gasteiger partial charge in [0.15, 0.2) is 0 Å². The van der Waals surface area contributed by atoms with Crippen molar-refractivity contribution in [3.63, 3.8) is 0 Å². The molecule has 4 nitrogen and oxygen atoms in total. The molecule has 0 aliphatic carbocycles. The summed E-state index contributed by atoms with van der Waals surface area (Å²) in [6.45, 7) is 0. The third-order valence-corrected chi connectivity index (χ3v) is 3.80. The number of pyridine rings is 1. The summed E-state index contributed by atoms with van der Waals surface area (Å²) in [5, 5.41) is 1.95. The Bertz CT molecular complexity index is 780. The largest absolute Gasteiger partial charge is 0.534 e. The van der Waals surface area contributed by atoms with E-state index in [1.165, 1.54) is 6.08 Å². The average Bonchev–Trinajstić information content (AvgIpc) is 2.46. The van der Waals surface area contributed by atoms with E-state index in [0.717, 1.165) is 16.5 Å². The van der Waals surface area contributed by atoms with E-state index in [1.807, 2.05) is 30.3 Å². The number of hydrogen-bond donors (Lipinski definition) is 0. The summed E-state index contributed by atoms with van der Waals surface area (Å²) in [5.74, 6) is 0. The van der Waals surface area contributed by atoms with Crippen LogP contribution in [-0.2, 0) is 20.7 Å². The monoisotopic (exact) mass is 331 g/mol. The number of rotatable bonds is 5. The van der Waals surface area contributed by atoms with Gasteiger partial charge in [-0.2, -0.15) is 21.6 Å². The highest BCUT2D eigenvalue weighted by atomic mass is 32.2. The standard InChI is InChI=1S/C14H12F3NO3S/c15-14(16,17)22(19,20)21-10-4-3-7-13-12-6-2-1-5-11(12)8-9-18-13/h1-2,4-6,8-10H,3,7H2. The number of aryl methyl sites for hydroxylation is 1. The van der Waals surface area contributed by atoms with Gasteiger partial charge in [-0.25, -0.2) is 0 Å². The van der Waals surface area contributed by atoms with Crippen molar-refractivity contribution in [2.75, 3.05) is 0 Å². The summed E-state index contributed by atoms with van der Waals surface area (Å²) in [7, 11) is -5.58. The first-order chi connectivity index (χ1) is 10.3. The Morgan fingerprint density at radius 3 is 2.64 bits per heavy atom. The maximum atomic E-state index is 12.0. The van der Waals surface area contributed by atoms with Crippen LogP contribution in [0.3, 0.4) is 0 Å². The Balaban J connectivity index is 1.98. The molecule has 0 N–H and O–H groups in total. The molecule has 2 rings (SSSR count). The zero-order valence-corrected chi connectivity index (χ0v) is 12.1. The first kappa shape index (κ1) is 16.3. The number of halogens is 3. The Labute approximate surface area is 125 Å². The highest BCUT2D eigenvalue weighted by Crippen LogP contribution is 2.24. The molecule has 1 aromatic heterocycles. The molecule has 1 aromatic carbocycles. The smallest absolute Gasteiger partial charge is 0.384 e. The predicted octanol–water partition coefficient (Wildman–Crippen LogP) is 3.55. The van der Waals surface area contributed by atoms with Crippen LogP contribution in [0.4, 0.5) is 13.2 Å². The molecule has 0 fully saturated rings. The zero-order chi connectivity index (χ0) is 16.2. The molecule has 22 heavy (non-hydrogen) atoms. The number of allylic oxidation sites excluding steroid dienone is 1. The Morgan fingerprint density at radius 2 is 1.91 bits per heavy atom. The lowest BCUT2D eigenvalue weighted by Gasteiger charge is -2.06. The first-order valence-electron chi connectivity index (χ1n) is 6.28. The van der Waals surface area contributed by atoms with E-state index in [2.05, 4.69) is 9.17 Å². The van der Waals surface area contributed by atoms with E-state index in [0.29, 0.717) is 19.1 Å². The molecule has 2 aromatic rings. The summed E-state index contributed by atoms with van der Waals surface area (Å²) in [4.78, 5) is 4.22. The van der Waals surface area contributed by atoms with Crippen LogP contribution in [0.5, 0.6) is 0 Å². The van der Waals surface area contributed by atoms with Gasteiger partial charge in [-0.1, -0.05) is 24.3 Å². The fourth-order valence-corrected chi connectivity index (χ4v) is 2.17. The Hall–Kier alpha value is -2.09. The molecular formula is C14H12F3NO3S. The maximum absolute atomic E-state index is 12.0. The molecule has 1 heterocycles. The minimum absolute atomic E-state index is 0.300. The number of fused-ring (bicyclic) bond motifs is 1. The van der Waals surface area contributed by atoms with E-state index >= 15 is 0 Å². The van der Waals surface area contributed by atoms with Gasteiger partial charge in [-0.15, -0.1) is 0 Å². The molecule has 0 bridgehead atoms. The number of nitrogens with zero attached hydrogens (tertiary/aromatic N) is 1. The highest BCUT2D eigenvalue weighted by molar-refractivity contribution is 7.87. The van der Waals surface area contributed by atoms with Gasteiger partial charge in [0, 0.05) is 17.3 Å². The fraction of sp³-hybridized carbons (Fsp3) is 0.214. The Morgan fingerprint density at radius 1 is 1.18 bits per heavy atom. The van der Waals surface area contributed by atoms with E-state index in [-0.39, 0.29) is 0 Å². The van der Waals surface area contributed by atoms with Crippen molar-refractivity contribution in [3.8, 4) is 0 Å². The van der Waals surface area contributed by atoms with Crippen molar-refractivity contribution in [2.24, 2.45) is 0 Å². The maximum Gasteiger partial charge on any atom is 0.534 e. The molecule has 0 amide bonds. The van der Waals surface area contributed by atoms with Crippen molar-refractivity contribution in [3.05, 3.63) is 54.6 Å². The molecule has 0 atom stereocenters. The number of alkyl halides is 3. The summed E-state index contributed by atoms with van der Waals surface area (Å²) in [6, 6.07) is 9.43. The zero-order valence-electron chi connectivity index (χ0n) is 11.2. The van der Waals surface area contributed by atoms with E-state index in [1.54, 1.807) is 6.20 Å². The molecule has 0 radical (unpaired) electrons. The molecule has 0 saturated heterocycles. The fourth-order valence-electron chi connectivity index (χ4n) is 1.84. The van der Waals surface area contributed by atoms with Gasteiger partial charge in [-0.3, -0.25) is 4.98 Å². The van der Waals surface area contributed by atoms with E-state index < -0.39 is 15.6 Å². The van der Waals surface area contributed by atoms with Crippen molar-refractivity contribution < 1.29 is 25.8 Å². The number of aromatic nitrogens is 1. The van der Waals surface area contributed by atoms with Crippen molar-refractivity contribution in [1.29, 1.82) is 0 Å². The molecular weight excluding hydrogens is 319 g/mol. The van der Waals surface area contributed by atoms with Gasteiger partial charge in [-0.05, 0) is 30.4 Å². The normalized spacial score (nSPS) is 12.9. The van der Waals surface area contributed by atoms with Gasteiger partial charge < -0.3 is 4.18 Å². The van der Waals surface area contributed by atoms with Crippen molar-refractivity contribution >= 4 is 20.9 Å². The van der Waals surface area contributed by atoms with Gasteiger partial charge in [0.2, 0.25) is 0 Å². The van der Waals surface area contributed by atoms with Gasteiger partial charge in [0.1, 0.15) is 6.26 Å². The SMILES string of the molecule is O=S(=O)(OC=CCCc1nccc2ccccc12)C(F)(F)F. The topological polar surface area (TPSA) is 56.3 Å². The van der Waals surface area contributed by atoms with Crippen molar-refractivity contribution in [1.82, 2.24) is 4.98 Å². The molecule has 0 spiro atoms. The van der Waals surface area contributed by atoms with Crippen LogP contribution in [0, 0.1) is 0 Å². The summed E-state index contributed by atoms with van der Waals surface area (Å²) >= 11 is 0. The third-order valence-electron chi connectivity index (χ3n) is 2.87. The third kappa shape index (κ3) is 3.76. The van der Waals surface area contributed by atoms with Crippen LogP contribution < -0.4 is 0 Å². The summed E-state index contributed by atoms with van der Waals surface area (Å²) in [5.41, 5.74) is -4.64. The molecule has 8 heteroatoms. The number of hydrogen-bond acceptors (Lipinski definition) is 4. The van der Waals surface area contributed by atoms with Crippen molar-refractivity contribution in [2.45, 2.75) is 18.3 Å². The van der Waals surface area contributed by atoms with Crippen LogP contribution in [0.1, 0.15) is 12.1 Å². The Kier molecular flexibility index (Phi) is 4.70. The van der Waals surface area contributed by atoms with E-state index in [4.69, 9.17) is 0 Å². The summed E-state index contributed by atoms with van der Waals surface area (Å²) < 4.78 is 61.1. The lowest BCUT2D eigenvalue weighted by Crippen LogP contribution is -2.23. The first-order valence-corrected chi connectivity index (χ1v) is 7.69. The van der Waals surface area contributed by atoms with Crippen LogP contribution in [0.15, 0.2) is 48.9 Å². The van der Waals surface area contributed by atoms with Crippen LogP contribution in [-0.4, -0.2) is 18.9 Å². The van der Waals surface area contributed by atoms with E-state index in [9.17, 15) is 21.6 Å². The second-order valence-electron chi connectivity index (χ2n) is 4.39. The summed E-state index contributed by atoms with van der Waals surface area (Å²) in [6.07, 6.45) is 4.15.